The van der Waals surface area contributed by atoms with E-state index in [0.717, 1.165) is 10.7 Å². The second kappa shape index (κ2) is 7.33. The summed E-state index contributed by atoms with van der Waals surface area (Å²) in [6.07, 6.45) is 7.79. The van der Waals surface area contributed by atoms with Crippen LogP contribution in [0.5, 0.6) is 5.19 Å². The van der Waals surface area contributed by atoms with Gasteiger partial charge in [0.25, 0.3) is 0 Å². The highest BCUT2D eigenvalue weighted by Crippen LogP contribution is 2.70. The smallest absolute Gasteiger partial charge is 0.260 e. The third-order valence-electron chi connectivity index (χ3n) is 5.83. The van der Waals surface area contributed by atoms with Crippen LogP contribution in [0.1, 0.15) is 38.5 Å². The van der Waals surface area contributed by atoms with Gasteiger partial charge < -0.3 is 0 Å². The monoisotopic (exact) mass is 391 g/mol. The van der Waals surface area contributed by atoms with Gasteiger partial charge in [0.15, 0.2) is 0 Å². The minimum atomic E-state index is -1.97. The van der Waals surface area contributed by atoms with Crippen LogP contribution >= 0.6 is 19.3 Å². The number of fused-ring (bicyclic) bond motifs is 1. The molecule has 0 unspecified atom stereocenters. The molecule has 0 radical (unpaired) electrons. The van der Waals surface area contributed by atoms with E-state index in [4.69, 9.17) is 9.51 Å². The van der Waals surface area contributed by atoms with E-state index in [2.05, 4.69) is 38.3 Å². The molecule has 2 aromatic rings. The molecule has 0 saturated carbocycles. The zero-order chi connectivity index (χ0) is 17.4. The van der Waals surface area contributed by atoms with Crippen molar-refractivity contribution >= 4 is 29.5 Å². The van der Waals surface area contributed by atoms with E-state index in [1.807, 2.05) is 0 Å². The Hall–Kier alpha value is -0.780. The van der Waals surface area contributed by atoms with Crippen molar-refractivity contribution in [2.45, 2.75) is 38.5 Å². The van der Waals surface area contributed by atoms with Crippen LogP contribution in [0.25, 0.3) is 10.2 Å². The first-order chi connectivity index (χ1) is 12.9. The summed E-state index contributed by atoms with van der Waals surface area (Å²) >= 11 is 1.71. The molecule has 3 saturated heterocycles. The molecule has 0 amide bonds. The summed E-state index contributed by atoms with van der Waals surface area (Å²) in [5, 5.41) is 0.866. The van der Waals surface area contributed by atoms with Crippen molar-refractivity contribution in [3.63, 3.8) is 0 Å². The largest absolute Gasteiger partial charge is 0.421 e. The minimum Gasteiger partial charge on any atom is -0.260 e. The highest BCUT2D eigenvalue weighted by molar-refractivity contribution is 7.64. The van der Waals surface area contributed by atoms with Crippen molar-refractivity contribution in [2.24, 2.45) is 0 Å². The number of hydrogen-bond donors (Lipinski definition) is 0. The van der Waals surface area contributed by atoms with Crippen molar-refractivity contribution in [3.8, 4) is 5.19 Å². The van der Waals surface area contributed by atoms with Gasteiger partial charge in [-0.25, -0.2) is 0 Å². The van der Waals surface area contributed by atoms with Gasteiger partial charge in [0.05, 0.1) is 10.2 Å². The van der Waals surface area contributed by atoms with Gasteiger partial charge in [0.2, 0.25) is 0 Å². The minimum absolute atomic E-state index is 0.866. The van der Waals surface area contributed by atoms with Gasteiger partial charge in [-0.15, -0.1) is 14.0 Å². The summed E-state index contributed by atoms with van der Waals surface area (Å²) < 4.78 is 16.4. The van der Waals surface area contributed by atoms with Crippen molar-refractivity contribution in [3.05, 3.63) is 24.3 Å². The van der Waals surface area contributed by atoms with Gasteiger partial charge in [0, 0.05) is 39.3 Å². The third kappa shape index (κ3) is 2.96. The Bertz CT molecular complexity index is 677. The normalized spacial score (nSPS) is 23.4. The highest BCUT2D eigenvalue weighted by Gasteiger charge is 2.62. The lowest BCUT2D eigenvalue weighted by Crippen LogP contribution is -2.45. The van der Waals surface area contributed by atoms with Gasteiger partial charge in [-0.2, -0.15) is 4.98 Å². The molecular formula is C19H28N4OPS+. The Kier molecular flexibility index (Phi) is 4.88. The molecule has 0 N–H and O–H groups in total. The summed E-state index contributed by atoms with van der Waals surface area (Å²) in [4.78, 5) is 4.86. The van der Waals surface area contributed by atoms with Crippen molar-refractivity contribution in [1.82, 2.24) is 19.0 Å². The Morgan fingerprint density at radius 1 is 0.769 bits per heavy atom. The Morgan fingerprint density at radius 3 is 1.77 bits per heavy atom. The molecule has 3 aliphatic heterocycles. The summed E-state index contributed by atoms with van der Waals surface area (Å²) in [7, 11) is -1.97. The van der Waals surface area contributed by atoms with Gasteiger partial charge in [-0.1, -0.05) is 23.5 Å². The van der Waals surface area contributed by atoms with E-state index in [0.29, 0.717) is 0 Å². The van der Waals surface area contributed by atoms with E-state index in [1.165, 1.54) is 82.5 Å². The zero-order valence-electron chi connectivity index (χ0n) is 15.3. The molecule has 4 heterocycles. The third-order valence-corrected chi connectivity index (χ3v) is 10.7. The molecule has 26 heavy (non-hydrogen) atoms. The molecular weight excluding hydrogens is 363 g/mol. The predicted octanol–water partition coefficient (Wildman–Crippen LogP) is 4.64. The molecule has 140 valence electrons. The number of rotatable bonds is 5. The van der Waals surface area contributed by atoms with E-state index < -0.39 is 7.94 Å². The van der Waals surface area contributed by atoms with E-state index in [1.54, 1.807) is 11.3 Å². The number of hydrogen-bond acceptors (Lipinski definition) is 6. The second-order valence-corrected chi connectivity index (χ2v) is 11.4. The van der Waals surface area contributed by atoms with Crippen molar-refractivity contribution < 1.29 is 4.52 Å². The summed E-state index contributed by atoms with van der Waals surface area (Å²) in [6.45, 7) is 7.03. The lowest BCUT2D eigenvalue weighted by atomic mass is 10.3. The van der Waals surface area contributed by atoms with Gasteiger partial charge >= 0.3 is 13.1 Å². The van der Waals surface area contributed by atoms with E-state index >= 15 is 0 Å². The predicted molar refractivity (Wildman–Crippen MR) is 110 cm³/mol. The lowest BCUT2D eigenvalue weighted by molar-refractivity contribution is 0.293. The van der Waals surface area contributed by atoms with Crippen LogP contribution in [0.15, 0.2) is 24.3 Å². The van der Waals surface area contributed by atoms with Gasteiger partial charge in [0.1, 0.15) is 0 Å². The quantitative estimate of drug-likeness (QED) is 0.693. The van der Waals surface area contributed by atoms with Gasteiger partial charge in [-0.3, -0.25) is 4.52 Å². The molecule has 3 aliphatic rings. The molecule has 1 aromatic carbocycles. The summed E-state index contributed by atoms with van der Waals surface area (Å²) in [5.41, 5.74) is 1.06. The molecule has 5 rings (SSSR count). The maximum atomic E-state index is 7.04. The molecule has 7 heteroatoms. The van der Waals surface area contributed by atoms with Crippen LogP contribution in [0.2, 0.25) is 0 Å². The Balaban J connectivity index is 1.56. The first-order valence-corrected chi connectivity index (χ1v) is 12.4. The highest BCUT2D eigenvalue weighted by atomic mass is 32.1. The Morgan fingerprint density at radius 2 is 1.27 bits per heavy atom. The van der Waals surface area contributed by atoms with Crippen LogP contribution in [0.3, 0.4) is 0 Å². The molecule has 0 aliphatic carbocycles. The molecule has 5 nitrogen and oxygen atoms in total. The number of para-hydroxylation sites is 1. The van der Waals surface area contributed by atoms with Crippen LogP contribution < -0.4 is 4.52 Å². The first kappa shape index (κ1) is 17.3. The maximum Gasteiger partial charge on any atom is 0.421 e. The topological polar surface area (TPSA) is 31.8 Å². The summed E-state index contributed by atoms with van der Waals surface area (Å²) in [6, 6.07) is 8.41. The van der Waals surface area contributed by atoms with Crippen molar-refractivity contribution in [1.29, 1.82) is 0 Å². The number of aromatic nitrogens is 1. The van der Waals surface area contributed by atoms with E-state index in [9.17, 15) is 0 Å². The van der Waals surface area contributed by atoms with Crippen LogP contribution in [0.4, 0.5) is 0 Å². The Labute approximate surface area is 160 Å². The lowest BCUT2D eigenvalue weighted by Gasteiger charge is -2.40. The van der Waals surface area contributed by atoms with Crippen molar-refractivity contribution in [2.75, 3.05) is 39.3 Å². The number of nitrogens with zero attached hydrogens (tertiary/aromatic N) is 4. The first-order valence-electron chi connectivity index (χ1n) is 10.1. The molecule has 0 bridgehead atoms. The molecule has 0 atom stereocenters. The maximum absolute atomic E-state index is 7.04. The van der Waals surface area contributed by atoms with E-state index in [-0.39, 0.29) is 0 Å². The molecule has 1 aromatic heterocycles. The van der Waals surface area contributed by atoms with Crippen LogP contribution in [0, 0.1) is 0 Å². The average Bonchev–Trinajstić information content (AvgIpc) is 3.48. The molecule has 0 spiro atoms. The SMILES string of the molecule is c1ccc2sc(O[P+](N3CCCC3)(N3CCCC3)N3CCCC3)nc2c1. The molecule has 3 fully saturated rings. The standard InChI is InChI=1S/C19H28N4OPS/c1-2-10-18-17(9-1)20-19(26-18)24-25(21-11-3-4-12-21,22-13-5-6-14-22)23-15-7-8-16-23/h1-2,9-10H,3-8,11-16H2/q+1. The number of thiazole rings is 1. The van der Waals surface area contributed by atoms with Crippen LogP contribution in [-0.4, -0.2) is 58.3 Å². The second-order valence-electron chi connectivity index (χ2n) is 7.53. The fourth-order valence-corrected chi connectivity index (χ4v) is 9.82. The van der Waals surface area contributed by atoms with Gasteiger partial charge in [-0.05, 0) is 50.7 Å². The zero-order valence-corrected chi connectivity index (χ0v) is 17.1. The number of benzene rings is 1. The average molecular weight is 392 g/mol. The fraction of sp³-hybridized carbons (Fsp3) is 0.632. The summed E-state index contributed by atoms with van der Waals surface area (Å²) in [5.74, 6) is 0. The fourth-order valence-electron chi connectivity index (χ4n) is 4.59. The van der Waals surface area contributed by atoms with Crippen LogP contribution in [-0.2, 0) is 0 Å².